The number of carbonyl (C=O) groups excluding carboxylic acids is 2. The lowest BCUT2D eigenvalue weighted by atomic mass is 10.1. The third kappa shape index (κ3) is 2.59. The van der Waals surface area contributed by atoms with Crippen LogP contribution in [0.15, 0.2) is 30.3 Å². The molecule has 0 radical (unpaired) electrons. The number of amides is 1. The molecule has 1 aliphatic rings. The third-order valence-electron chi connectivity index (χ3n) is 2.79. The molecule has 0 bridgehead atoms. The van der Waals surface area contributed by atoms with Crippen molar-refractivity contribution in [3.8, 4) is 0 Å². The smallest absolute Gasteiger partial charge is 0.237 e. The van der Waals surface area contributed by atoms with Crippen molar-refractivity contribution in [3.05, 3.63) is 35.9 Å². The van der Waals surface area contributed by atoms with Crippen LogP contribution in [-0.4, -0.2) is 36.7 Å². The normalized spacial score (nSPS) is 18.7. The summed E-state index contributed by atoms with van der Waals surface area (Å²) in [6.45, 7) is -0.398. The molecule has 0 spiro atoms. The predicted octanol–water partition coefficient (Wildman–Crippen LogP) is 0.822. The van der Waals surface area contributed by atoms with Gasteiger partial charge in [0.05, 0.1) is 5.75 Å². The summed E-state index contributed by atoms with van der Waals surface area (Å²) < 4.78 is 24.1. The highest BCUT2D eigenvalue weighted by Gasteiger charge is 2.33. The molecule has 1 amide bonds. The third-order valence-corrected chi connectivity index (χ3v) is 4.60. The van der Waals surface area contributed by atoms with E-state index in [9.17, 15) is 18.0 Å². The number of carbonyl (C=O) groups is 2. The molecular formula is C12H13NO4S. The van der Waals surface area contributed by atoms with Crippen molar-refractivity contribution >= 4 is 21.7 Å². The van der Waals surface area contributed by atoms with E-state index >= 15 is 0 Å². The fraction of sp³-hybridized carbons (Fsp3) is 0.333. The Morgan fingerprint density at radius 1 is 1.22 bits per heavy atom. The average molecular weight is 267 g/mol. The van der Waals surface area contributed by atoms with Crippen LogP contribution in [0.5, 0.6) is 0 Å². The van der Waals surface area contributed by atoms with E-state index in [1.807, 2.05) is 0 Å². The van der Waals surface area contributed by atoms with E-state index in [-0.39, 0.29) is 18.0 Å². The largest absolute Gasteiger partial charge is 0.292 e. The maximum absolute atomic E-state index is 11.9. The molecule has 0 aliphatic carbocycles. The Kier molecular flexibility index (Phi) is 3.47. The van der Waals surface area contributed by atoms with Crippen LogP contribution in [0, 0.1) is 0 Å². The van der Waals surface area contributed by atoms with Gasteiger partial charge in [-0.05, 0) is 6.42 Å². The summed E-state index contributed by atoms with van der Waals surface area (Å²) in [6.07, 6.45) is 0.512. The summed E-state index contributed by atoms with van der Waals surface area (Å²) in [5.41, 5.74) is 0.408. The predicted molar refractivity (Wildman–Crippen MR) is 65.5 cm³/mol. The van der Waals surface area contributed by atoms with E-state index < -0.39 is 22.5 Å². The van der Waals surface area contributed by atoms with E-state index in [1.54, 1.807) is 30.3 Å². The first-order valence-electron chi connectivity index (χ1n) is 5.62. The highest BCUT2D eigenvalue weighted by atomic mass is 32.2. The van der Waals surface area contributed by atoms with Gasteiger partial charge in [-0.25, -0.2) is 12.7 Å². The van der Waals surface area contributed by atoms with E-state index in [0.717, 1.165) is 0 Å². The molecule has 0 unspecified atom stereocenters. The lowest BCUT2D eigenvalue weighted by Gasteiger charge is -2.25. The number of Topliss-reactive ketones (excluding diaryl/α,β-unsaturated/α-hetero) is 1. The Bertz CT molecular complexity index is 565. The van der Waals surface area contributed by atoms with Crippen molar-refractivity contribution in [1.82, 2.24) is 4.31 Å². The van der Waals surface area contributed by atoms with Gasteiger partial charge in [-0.15, -0.1) is 0 Å². The molecule has 1 saturated heterocycles. The number of sulfonamides is 1. The molecule has 1 aromatic rings. The van der Waals surface area contributed by atoms with Crippen LogP contribution in [0.3, 0.4) is 0 Å². The highest BCUT2D eigenvalue weighted by molar-refractivity contribution is 7.89. The van der Waals surface area contributed by atoms with Gasteiger partial charge < -0.3 is 0 Å². The first-order chi connectivity index (χ1) is 8.50. The Labute approximate surface area is 105 Å². The fourth-order valence-electron chi connectivity index (χ4n) is 1.83. The summed E-state index contributed by atoms with van der Waals surface area (Å²) in [5, 5.41) is 0. The van der Waals surface area contributed by atoms with Crippen LogP contribution in [0.1, 0.15) is 23.2 Å². The Morgan fingerprint density at radius 3 is 2.50 bits per heavy atom. The molecule has 0 aromatic heterocycles. The van der Waals surface area contributed by atoms with Crippen LogP contribution >= 0.6 is 0 Å². The van der Waals surface area contributed by atoms with Gasteiger partial charge in [0.2, 0.25) is 15.9 Å². The molecule has 1 aliphatic heterocycles. The minimum absolute atomic E-state index is 0.0686. The monoisotopic (exact) mass is 267 g/mol. The molecule has 1 heterocycles. The molecule has 96 valence electrons. The lowest BCUT2D eigenvalue weighted by Crippen LogP contribution is -2.44. The molecule has 2 rings (SSSR count). The SMILES string of the molecule is O=C(CN1C(=O)CCCS1(=O)=O)c1ccccc1. The molecule has 1 aromatic carbocycles. The van der Waals surface area contributed by atoms with Crippen molar-refractivity contribution in [2.75, 3.05) is 12.3 Å². The van der Waals surface area contributed by atoms with Crippen LogP contribution in [-0.2, 0) is 14.8 Å². The quantitative estimate of drug-likeness (QED) is 0.760. The number of benzene rings is 1. The van der Waals surface area contributed by atoms with Gasteiger partial charge in [-0.1, -0.05) is 30.3 Å². The number of ketones is 1. The minimum Gasteiger partial charge on any atom is -0.292 e. The lowest BCUT2D eigenvalue weighted by molar-refractivity contribution is -0.126. The van der Waals surface area contributed by atoms with E-state index in [2.05, 4.69) is 0 Å². The standard InChI is InChI=1S/C12H13NO4S/c14-11(10-5-2-1-3-6-10)9-13-12(15)7-4-8-18(13,16)17/h1-3,5-6H,4,7-9H2. The average Bonchev–Trinajstić information content (AvgIpc) is 2.34. The molecule has 0 N–H and O–H groups in total. The van der Waals surface area contributed by atoms with Crippen LogP contribution in [0.25, 0.3) is 0 Å². The van der Waals surface area contributed by atoms with Gasteiger partial charge in [0.25, 0.3) is 0 Å². The van der Waals surface area contributed by atoms with Gasteiger partial charge >= 0.3 is 0 Å². The highest BCUT2D eigenvalue weighted by Crippen LogP contribution is 2.15. The zero-order valence-corrected chi connectivity index (χ0v) is 10.5. The van der Waals surface area contributed by atoms with Gasteiger partial charge in [-0.2, -0.15) is 0 Å². The van der Waals surface area contributed by atoms with Gasteiger partial charge in [0.1, 0.15) is 6.54 Å². The Morgan fingerprint density at radius 2 is 1.89 bits per heavy atom. The zero-order chi connectivity index (χ0) is 13.2. The van der Waals surface area contributed by atoms with Gasteiger partial charge in [0, 0.05) is 12.0 Å². The zero-order valence-electron chi connectivity index (χ0n) is 9.70. The number of rotatable bonds is 3. The van der Waals surface area contributed by atoms with E-state index in [1.165, 1.54) is 0 Å². The molecule has 5 nitrogen and oxygen atoms in total. The van der Waals surface area contributed by atoms with Gasteiger partial charge in [0.15, 0.2) is 5.78 Å². The molecule has 1 fully saturated rings. The number of hydrogen-bond acceptors (Lipinski definition) is 4. The summed E-state index contributed by atoms with van der Waals surface area (Å²) in [6, 6.07) is 8.35. The summed E-state index contributed by atoms with van der Waals surface area (Å²) in [4.78, 5) is 23.5. The van der Waals surface area contributed by atoms with Gasteiger partial charge in [-0.3, -0.25) is 9.59 Å². The molecular weight excluding hydrogens is 254 g/mol. The number of nitrogens with zero attached hydrogens (tertiary/aromatic N) is 1. The molecule has 0 atom stereocenters. The second kappa shape index (κ2) is 4.89. The second-order valence-corrected chi connectivity index (χ2v) is 6.12. The van der Waals surface area contributed by atoms with Crippen LogP contribution < -0.4 is 0 Å². The van der Waals surface area contributed by atoms with Crippen molar-refractivity contribution < 1.29 is 18.0 Å². The minimum atomic E-state index is -3.61. The maximum atomic E-state index is 11.9. The van der Waals surface area contributed by atoms with Crippen molar-refractivity contribution in [3.63, 3.8) is 0 Å². The van der Waals surface area contributed by atoms with Crippen molar-refractivity contribution in [2.45, 2.75) is 12.8 Å². The Balaban J connectivity index is 2.18. The first kappa shape index (κ1) is 12.8. The van der Waals surface area contributed by atoms with Crippen LogP contribution in [0.4, 0.5) is 0 Å². The summed E-state index contributed by atoms with van der Waals surface area (Å²) >= 11 is 0. The van der Waals surface area contributed by atoms with E-state index in [0.29, 0.717) is 16.3 Å². The molecule has 6 heteroatoms. The van der Waals surface area contributed by atoms with E-state index in [4.69, 9.17) is 0 Å². The summed E-state index contributed by atoms with van der Waals surface area (Å²) in [5.74, 6) is -0.930. The van der Waals surface area contributed by atoms with Crippen molar-refractivity contribution in [2.24, 2.45) is 0 Å². The van der Waals surface area contributed by atoms with Crippen LogP contribution in [0.2, 0.25) is 0 Å². The Hall–Kier alpha value is -1.69. The number of hydrogen-bond donors (Lipinski definition) is 0. The molecule has 18 heavy (non-hydrogen) atoms. The molecule has 0 saturated carbocycles. The fourth-order valence-corrected chi connectivity index (χ4v) is 3.27. The summed E-state index contributed by atoms with van der Waals surface area (Å²) in [7, 11) is -3.61. The first-order valence-corrected chi connectivity index (χ1v) is 7.23. The van der Waals surface area contributed by atoms with Crippen molar-refractivity contribution in [1.29, 1.82) is 0 Å². The topological polar surface area (TPSA) is 71.5 Å². The second-order valence-electron chi connectivity index (χ2n) is 4.11. The maximum Gasteiger partial charge on any atom is 0.237 e.